The number of hydrogen-bond acceptors (Lipinski definition) is 3. The fourth-order valence-electron chi connectivity index (χ4n) is 2.25. The average Bonchev–Trinajstić information content (AvgIpc) is 2.51. The van der Waals surface area contributed by atoms with E-state index >= 15 is 0 Å². The molecule has 0 fully saturated rings. The van der Waals surface area contributed by atoms with Gasteiger partial charge in [0.25, 0.3) is 5.91 Å². The summed E-state index contributed by atoms with van der Waals surface area (Å²) in [5.74, 6) is 0.807. The Hall–Kier alpha value is -2.07. The molecular formula is C17H21ClN2O2. The van der Waals surface area contributed by atoms with Crippen LogP contribution in [0.2, 0.25) is 0 Å². The maximum atomic E-state index is 11.9. The molecule has 0 radical (unpaired) electrons. The second kappa shape index (κ2) is 8.39. The number of aromatic nitrogens is 1. The number of pyridine rings is 1. The van der Waals surface area contributed by atoms with Crippen LogP contribution in [0.1, 0.15) is 27.0 Å². The molecule has 118 valence electrons. The largest absolute Gasteiger partial charge is 0.496 e. The zero-order valence-electron chi connectivity index (χ0n) is 13.1. The topological polar surface area (TPSA) is 51.2 Å². The van der Waals surface area contributed by atoms with Gasteiger partial charge in [-0.2, -0.15) is 0 Å². The van der Waals surface area contributed by atoms with Gasteiger partial charge in [0.05, 0.1) is 12.7 Å². The third-order valence-electron chi connectivity index (χ3n) is 3.46. The summed E-state index contributed by atoms with van der Waals surface area (Å²) in [4.78, 5) is 15.9. The van der Waals surface area contributed by atoms with Crippen LogP contribution < -0.4 is 10.1 Å². The maximum absolute atomic E-state index is 11.9. The van der Waals surface area contributed by atoms with Gasteiger partial charge in [-0.3, -0.25) is 9.78 Å². The molecule has 1 aromatic carbocycles. The standard InChI is InChI=1S/C17H20N2O2.ClH/c1-12-10-16(21-3)13(2)9-14(12)6-8-19-17(20)15-5-4-7-18-11-15;/h4-5,7,9-11H,6,8H2,1-3H3,(H,19,20);1H. The molecule has 0 aliphatic carbocycles. The Bertz CT molecular complexity index is 630. The summed E-state index contributed by atoms with van der Waals surface area (Å²) in [5, 5.41) is 2.91. The lowest BCUT2D eigenvalue weighted by atomic mass is 10.0. The molecule has 0 aliphatic rings. The molecule has 1 N–H and O–H groups in total. The van der Waals surface area contributed by atoms with Gasteiger partial charge in [0, 0.05) is 18.9 Å². The fraction of sp³-hybridized carbons (Fsp3) is 0.294. The smallest absolute Gasteiger partial charge is 0.252 e. The molecule has 2 aromatic rings. The number of rotatable bonds is 5. The van der Waals surface area contributed by atoms with E-state index in [9.17, 15) is 4.79 Å². The summed E-state index contributed by atoms with van der Waals surface area (Å²) in [6.45, 7) is 4.68. The van der Waals surface area contributed by atoms with Gasteiger partial charge in [-0.15, -0.1) is 12.4 Å². The quantitative estimate of drug-likeness (QED) is 0.921. The monoisotopic (exact) mass is 320 g/mol. The van der Waals surface area contributed by atoms with E-state index in [2.05, 4.69) is 23.3 Å². The number of nitrogens with zero attached hydrogens (tertiary/aromatic N) is 1. The van der Waals surface area contributed by atoms with Crippen LogP contribution in [0.5, 0.6) is 5.75 Å². The zero-order valence-corrected chi connectivity index (χ0v) is 13.9. The van der Waals surface area contributed by atoms with Crippen molar-refractivity contribution in [3.8, 4) is 5.75 Å². The number of benzene rings is 1. The van der Waals surface area contributed by atoms with Crippen molar-refractivity contribution in [1.29, 1.82) is 0 Å². The van der Waals surface area contributed by atoms with Crippen molar-refractivity contribution in [3.05, 3.63) is 58.9 Å². The van der Waals surface area contributed by atoms with Crippen molar-refractivity contribution in [1.82, 2.24) is 10.3 Å². The van der Waals surface area contributed by atoms with Crippen molar-refractivity contribution in [2.24, 2.45) is 0 Å². The van der Waals surface area contributed by atoms with Crippen molar-refractivity contribution in [2.75, 3.05) is 13.7 Å². The minimum Gasteiger partial charge on any atom is -0.496 e. The van der Waals surface area contributed by atoms with Crippen LogP contribution in [0.25, 0.3) is 0 Å². The number of hydrogen-bond donors (Lipinski definition) is 1. The summed E-state index contributed by atoms with van der Waals surface area (Å²) >= 11 is 0. The fourth-order valence-corrected chi connectivity index (χ4v) is 2.25. The third kappa shape index (κ3) is 4.46. The van der Waals surface area contributed by atoms with Crippen LogP contribution in [-0.4, -0.2) is 24.5 Å². The van der Waals surface area contributed by atoms with Crippen LogP contribution in [-0.2, 0) is 6.42 Å². The Morgan fingerprint density at radius 2 is 2.05 bits per heavy atom. The van der Waals surface area contributed by atoms with Crippen LogP contribution >= 0.6 is 12.4 Å². The second-order valence-corrected chi connectivity index (χ2v) is 5.00. The summed E-state index contributed by atoms with van der Waals surface area (Å²) in [7, 11) is 1.68. The Morgan fingerprint density at radius 1 is 1.27 bits per heavy atom. The summed E-state index contributed by atoms with van der Waals surface area (Å²) in [6.07, 6.45) is 4.01. The number of nitrogens with one attached hydrogen (secondary N) is 1. The molecule has 0 atom stereocenters. The highest BCUT2D eigenvalue weighted by Gasteiger charge is 2.07. The first-order chi connectivity index (χ1) is 10.1. The van der Waals surface area contributed by atoms with Gasteiger partial charge in [0.15, 0.2) is 0 Å². The van der Waals surface area contributed by atoms with Crippen LogP contribution in [0.15, 0.2) is 36.7 Å². The first-order valence-corrected chi connectivity index (χ1v) is 6.94. The summed E-state index contributed by atoms with van der Waals surface area (Å²) < 4.78 is 5.30. The minimum atomic E-state index is -0.0917. The molecule has 0 saturated carbocycles. The molecule has 0 saturated heterocycles. The Kier molecular flexibility index (Phi) is 6.86. The number of carbonyl (C=O) groups is 1. The Morgan fingerprint density at radius 3 is 2.68 bits per heavy atom. The first kappa shape index (κ1) is 18.0. The molecule has 0 unspecified atom stereocenters. The molecule has 0 bridgehead atoms. The number of carbonyl (C=O) groups excluding carboxylic acids is 1. The van der Waals surface area contributed by atoms with E-state index in [-0.39, 0.29) is 18.3 Å². The average molecular weight is 321 g/mol. The molecule has 5 heteroatoms. The molecule has 0 spiro atoms. The number of ether oxygens (including phenoxy) is 1. The van der Waals surface area contributed by atoms with E-state index in [0.29, 0.717) is 12.1 Å². The lowest BCUT2D eigenvalue weighted by Gasteiger charge is -2.12. The maximum Gasteiger partial charge on any atom is 0.252 e. The van der Waals surface area contributed by atoms with E-state index in [1.165, 1.54) is 11.1 Å². The highest BCUT2D eigenvalue weighted by Crippen LogP contribution is 2.22. The van der Waals surface area contributed by atoms with Crippen molar-refractivity contribution in [3.63, 3.8) is 0 Å². The highest BCUT2D eigenvalue weighted by atomic mass is 35.5. The third-order valence-corrected chi connectivity index (χ3v) is 3.46. The highest BCUT2D eigenvalue weighted by molar-refractivity contribution is 5.93. The predicted molar refractivity (Wildman–Crippen MR) is 90.0 cm³/mol. The molecule has 22 heavy (non-hydrogen) atoms. The molecule has 2 rings (SSSR count). The predicted octanol–water partition coefficient (Wildman–Crippen LogP) is 3.10. The molecule has 1 amide bonds. The first-order valence-electron chi connectivity index (χ1n) is 6.94. The second-order valence-electron chi connectivity index (χ2n) is 5.00. The molecule has 1 heterocycles. The lowest BCUT2D eigenvalue weighted by molar-refractivity contribution is 0.0953. The Balaban J connectivity index is 0.00000242. The summed E-state index contributed by atoms with van der Waals surface area (Å²) in [6, 6.07) is 7.66. The number of amides is 1. The van der Waals surface area contributed by atoms with E-state index in [0.717, 1.165) is 17.7 Å². The molecule has 1 aromatic heterocycles. The number of methoxy groups -OCH3 is 1. The Labute approximate surface area is 137 Å². The van der Waals surface area contributed by atoms with Crippen molar-refractivity contribution < 1.29 is 9.53 Å². The zero-order chi connectivity index (χ0) is 15.2. The molecular weight excluding hydrogens is 300 g/mol. The van der Waals surface area contributed by atoms with Crippen molar-refractivity contribution >= 4 is 18.3 Å². The van der Waals surface area contributed by atoms with Crippen LogP contribution in [0.4, 0.5) is 0 Å². The van der Waals surface area contributed by atoms with E-state index in [1.807, 2.05) is 13.0 Å². The molecule has 0 aliphatic heterocycles. The van der Waals surface area contributed by atoms with Gasteiger partial charge in [-0.05, 0) is 55.2 Å². The van der Waals surface area contributed by atoms with Gasteiger partial charge in [0.2, 0.25) is 0 Å². The van der Waals surface area contributed by atoms with Gasteiger partial charge in [0.1, 0.15) is 5.75 Å². The van der Waals surface area contributed by atoms with E-state index in [1.54, 1.807) is 31.6 Å². The van der Waals surface area contributed by atoms with Gasteiger partial charge >= 0.3 is 0 Å². The van der Waals surface area contributed by atoms with E-state index in [4.69, 9.17) is 4.74 Å². The van der Waals surface area contributed by atoms with Gasteiger partial charge in [-0.1, -0.05) is 6.07 Å². The van der Waals surface area contributed by atoms with Crippen molar-refractivity contribution in [2.45, 2.75) is 20.3 Å². The normalized spacial score (nSPS) is 9.77. The SMILES string of the molecule is COc1cc(C)c(CCNC(=O)c2cccnc2)cc1C.Cl. The lowest BCUT2D eigenvalue weighted by Crippen LogP contribution is -2.25. The molecule has 4 nitrogen and oxygen atoms in total. The van der Waals surface area contributed by atoms with Gasteiger partial charge in [-0.25, -0.2) is 0 Å². The van der Waals surface area contributed by atoms with Gasteiger partial charge < -0.3 is 10.1 Å². The number of aryl methyl sites for hydroxylation is 2. The van der Waals surface area contributed by atoms with Crippen LogP contribution in [0.3, 0.4) is 0 Å². The number of halogens is 1. The minimum absolute atomic E-state index is 0. The summed E-state index contributed by atoms with van der Waals surface area (Å²) in [5.41, 5.74) is 4.09. The van der Waals surface area contributed by atoms with E-state index < -0.39 is 0 Å². The van der Waals surface area contributed by atoms with Crippen LogP contribution in [0, 0.1) is 13.8 Å².